The number of fused-ring (bicyclic) bond motifs is 1. The predicted octanol–water partition coefficient (Wildman–Crippen LogP) is 4.07. The molecule has 2 aromatic rings. The summed E-state index contributed by atoms with van der Waals surface area (Å²) >= 11 is 0. The van der Waals surface area contributed by atoms with Crippen molar-refractivity contribution in [2.24, 2.45) is 0 Å². The maximum Gasteiger partial charge on any atom is 0.327 e. The summed E-state index contributed by atoms with van der Waals surface area (Å²) < 4.78 is 0. The number of pyridine rings is 1. The molecule has 1 aromatic carbocycles. The maximum atomic E-state index is 13.9. The number of rotatable bonds is 5. The van der Waals surface area contributed by atoms with Crippen LogP contribution in [0.2, 0.25) is 0 Å². The molecule has 0 unspecified atom stereocenters. The number of nitriles is 2. The lowest BCUT2D eigenvalue weighted by molar-refractivity contribution is -0.130. The molecule has 3 heterocycles. The van der Waals surface area contributed by atoms with Crippen molar-refractivity contribution in [2.75, 3.05) is 52.9 Å². The molecule has 2 aliphatic rings. The number of hydrogen-bond donors (Lipinski definition) is 1. The number of hydrogen-bond acceptors (Lipinski definition) is 8. The van der Waals surface area contributed by atoms with Crippen LogP contribution in [-0.2, 0) is 11.3 Å². The summed E-state index contributed by atoms with van der Waals surface area (Å²) in [7, 11) is 1.59. The molecule has 10 nitrogen and oxygen atoms in total. The van der Waals surface area contributed by atoms with Gasteiger partial charge < -0.3 is 20.0 Å². The first kappa shape index (κ1) is 34.4. The van der Waals surface area contributed by atoms with Crippen LogP contribution >= 0.6 is 0 Å². The first-order chi connectivity index (χ1) is 20.8. The zero-order valence-electron chi connectivity index (χ0n) is 25.9. The van der Waals surface area contributed by atoms with Crippen LogP contribution in [0.15, 0.2) is 53.5 Å². The molecule has 0 bridgehead atoms. The van der Waals surface area contributed by atoms with Gasteiger partial charge in [-0.2, -0.15) is 10.5 Å². The van der Waals surface area contributed by atoms with Gasteiger partial charge in [0.15, 0.2) is 0 Å². The number of terminal acetylenes is 1. The number of nitrogens with one attached hydrogen (secondary N) is 1. The quantitative estimate of drug-likeness (QED) is 0.414. The van der Waals surface area contributed by atoms with E-state index in [0.29, 0.717) is 35.7 Å². The highest BCUT2D eigenvalue weighted by atomic mass is 16.2. The van der Waals surface area contributed by atoms with Crippen LogP contribution in [0.5, 0.6) is 0 Å². The Kier molecular flexibility index (Phi) is 13.7. The van der Waals surface area contributed by atoms with E-state index in [1.807, 2.05) is 62.9 Å². The fourth-order valence-corrected chi connectivity index (χ4v) is 4.94. The predicted molar refractivity (Wildman–Crippen MR) is 169 cm³/mol. The van der Waals surface area contributed by atoms with Gasteiger partial charge in [-0.3, -0.25) is 14.7 Å². The molecule has 1 aromatic heterocycles. The van der Waals surface area contributed by atoms with Crippen LogP contribution in [-0.4, -0.2) is 89.4 Å². The Hall–Kier alpha value is -4.85. The van der Waals surface area contributed by atoms with Crippen LogP contribution in [0.3, 0.4) is 0 Å². The molecular weight excluding hydrogens is 540 g/mol. The van der Waals surface area contributed by atoms with Crippen molar-refractivity contribution in [3.05, 3.63) is 64.8 Å². The summed E-state index contributed by atoms with van der Waals surface area (Å²) in [4.78, 5) is 38.5. The minimum Gasteiger partial charge on any atom is -0.356 e. The van der Waals surface area contributed by atoms with Gasteiger partial charge in [0.25, 0.3) is 5.91 Å². The second-order valence-corrected chi connectivity index (χ2v) is 10.1. The van der Waals surface area contributed by atoms with E-state index in [4.69, 9.17) is 0 Å². The summed E-state index contributed by atoms with van der Waals surface area (Å²) in [6.07, 6.45) is 12.6. The van der Waals surface area contributed by atoms with Crippen molar-refractivity contribution >= 4 is 22.7 Å². The monoisotopic (exact) mass is 582 g/mol. The van der Waals surface area contributed by atoms with Gasteiger partial charge >= 0.3 is 6.03 Å². The average molecular weight is 583 g/mol. The molecule has 43 heavy (non-hydrogen) atoms. The molecule has 0 saturated carbocycles. The SMILES string of the molecule is C#C.CC.CC(C)=CCN1CC(=O)N(Cc2ncc3ccccc3c2C#N)C(=O)N(C)C/C(C#N)=C\1N1CCCNCC1. The van der Waals surface area contributed by atoms with E-state index in [-0.39, 0.29) is 19.6 Å². The zero-order chi connectivity index (χ0) is 31.9. The van der Waals surface area contributed by atoms with E-state index in [0.717, 1.165) is 47.3 Å². The topological polar surface area (TPSA) is 120 Å². The van der Waals surface area contributed by atoms with E-state index in [1.54, 1.807) is 13.2 Å². The second kappa shape index (κ2) is 17.2. The van der Waals surface area contributed by atoms with Crippen LogP contribution in [0.1, 0.15) is 45.4 Å². The van der Waals surface area contributed by atoms with Crippen LogP contribution in [0, 0.1) is 35.5 Å². The number of amides is 3. The molecular formula is C33H42N8O2. The second-order valence-electron chi connectivity index (χ2n) is 10.1. The molecule has 0 radical (unpaired) electrons. The minimum absolute atomic E-state index is 0.0555. The molecule has 2 aliphatic heterocycles. The standard InChI is InChI=1S/C29H34N8O2.C2H6.C2H2/c1-21(2)9-13-36-20-27(38)37(19-26-25(16-31)24-8-5-4-7-22(24)17-33-26)29(39)34(3)18-23(15-30)28(36)35-12-6-10-32-11-14-35;2*1-2/h4-5,7-9,17,32H,6,10-14,18-20H2,1-3H3;1-2H3;1-2H/b28-23-;;. The highest BCUT2D eigenvalue weighted by Crippen LogP contribution is 2.24. The Morgan fingerprint density at radius 3 is 2.47 bits per heavy atom. The Morgan fingerprint density at radius 2 is 1.79 bits per heavy atom. The lowest BCUT2D eigenvalue weighted by Gasteiger charge is -2.35. The Labute approximate surface area is 255 Å². The summed E-state index contributed by atoms with van der Waals surface area (Å²) in [6.45, 7) is 11.3. The minimum atomic E-state index is -0.535. The smallest absolute Gasteiger partial charge is 0.327 e. The molecule has 226 valence electrons. The molecule has 3 amide bonds. The molecule has 0 aliphatic carbocycles. The third-order valence-electron chi connectivity index (χ3n) is 6.94. The lowest BCUT2D eigenvalue weighted by Crippen LogP contribution is -2.48. The average Bonchev–Trinajstić information content (AvgIpc) is 3.31. The van der Waals surface area contributed by atoms with E-state index < -0.39 is 11.9 Å². The summed E-state index contributed by atoms with van der Waals surface area (Å²) in [6, 6.07) is 11.4. The summed E-state index contributed by atoms with van der Waals surface area (Å²) in [5.74, 6) is 0.271. The number of carbonyl (C=O) groups excluding carboxylic acids is 2. The Bertz CT molecular complexity index is 1430. The number of likely N-dealkylation sites (N-methyl/N-ethyl adjacent to an activating group) is 1. The van der Waals surface area contributed by atoms with Gasteiger partial charge in [-0.1, -0.05) is 49.8 Å². The van der Waals surface area contributed by atoms with Crippen molar-refractivity contribution in [1.82, 2.24) is 29.9 Å². The fourth-order valence-electron chi connectivity index (χ4n) is 4.94. The largest absolute Gasteiger partial charge is 0.356 e. The van der Waals surface area contributed by atoms with E-state index >= 15 is 0 Å². The van der Waals surface area contributed by atoms with Crippen molar-refractivity contribution in [3.63, 3.8) is 0 Å². The van der Waals surface area contributed by atoms with Crippen LogP contribution in [0.4, 0.5) is 4.79 Å². The van der Waals surface area contributed by atoms with Gasteiger partial charge in [-0.05, 0) is 26.8 Å². The highest BCUT2D eigenvalue weighted by Gasteiger charge is 2.33. The molecule has 1 saturated heterocycles. The first-order valence-corrected chi connectivity index (χ1v) is 14.5. The number of urea groups is 1. The van der Waals surface area contributed by atoms with Crippen molar-refractivity contribution in [3.8, 4) is 25.0 Å². The fraction of sp³-hybridized carbons (Fsp3) is 0.424. The Morgan fingerprint density at radius 1 is 1.07 bits per heavy atom. The van der Waals surface area contributed by atoms with Crippen LogP contribution < -0.4 is 5.32 Å². The van der Waals surface area contributed by atoms with Crippen molar-refractivity contribution < 1.29 is 9.59 Å². The molecule has 4 rings (SSSR count). The maximum absolute atomic E-state index is 13.9. The molecule has 10 heteroatoms. The molecule has 1 N–H and O–H groups in total. The highest BCUT2D eigenvalue weighted by molar-refractivity contribution is 5.96. The third kappa shape index (κ3) is 8.58. The zero-order valence-corrected chi connectivity index (χ0v) is 25.9. The van der Waals surface area contributed by atoms with E-state index in [1.165, 1.54) is 4.90 Å². The van der Waals surface area contributed by atoms with Gasteiger partial charge in [0.2, 0.25) is 0 Å². The Balaban J connectivity index is 0.00000155. The van der Waals surface area contributed by atoms with Gasteiger partial charge in [0, 0.05) is 50.2 Å². The summed E-state index contributed by atoms with van der Waals surface area (Å²) in [5, 5.41) is 25.1. The number of aromatic nitrogens is 1. The molecule has 0 spiro atoms. The number of allylic oxidation sites excluding steroid dienone is 1. The van der Waals surface area contributed by atoms with Crippen molar-refractivity contribution in [1.29, 1.82) is 10.5 Å². The number of imide groups is 1. The first-order valence-electron chi connectivity index (χ1n) is 14.5. The number of nitrogens with zero attached hydrogens (tertiary/aromatic N) is 7. The van der Waals surface area contributed by atoms with E-state index in [9.17, 15) is 20.1 Å². The third-order valence-corrected chi connectivity index (χ3v) is 6.94. The molecule has 1 fully saturated rings. The van der Waals surface area contributed by atoms with Gasteiger partial charge in [-0.25, -0.2) is 4.79 Å². The lowest BCUT2D eigenvalue weighted by atomic mass is 10.1. The van der Waals surface area contributed by atoms with E-state index in [2.05, 4.69) is 40.2 Å². The van der Waals surface area contributed by atoms with Crippen LogP contribution in [0.25, 0.3) is 10.8 Å². The van der Waals surface area contributed by atoms with Crippen molar-refractivity contribution in [2.45, 2.75) is 40.7 Å². The number of carbonyl (C=O) groups is 2. The number of benzene rings is 1. The van der Waals surface area contributed by atoms with Gasteiger partial charge in [0.05, 0.1) is 36.5 Å². The normalized spacial score (nSPS) is 17.5. The van der Waals surface area contributed by atoms with Gasteiger partial charge in [0.1, 0.15) is 18.0 Å². The molecule has 0 atom stereocenters. The van der Waals surface area contributed by atoms with Gasteiger partial charge in [-0.15, -0.1) is 12.8 Å². The summed E-state index contributed by atoms with van der Waals surface area (Å²) in [5.41, 5.74) is 2.22.